The van der Waals surface area contributed by atoms with Crippen LogP contribution in [0.15, 0.2) is 48.5 Å². The van der Waals surface area contributed by atoms with E-state index in [1.54, 1.807) is 12.0 Å². The zero-order valence-corrected chi connectivity index (χ0v) is 20.0. The van der Waals surface area contributed by atoms with Crippen LogP contribution >= 0.6 is 0 Å². The number of methoxy groups -OCH3 is 1. The third kappa shape index (κ3) is 3.84. The molecule has 0 unspecified atom stereocenters. The fourth-order valence-corrected chi connectivity index (χ4v) is 5.07. The summed E-state index contributed by atoms with van der Waals surface area (Å²) in [5.74, 6) is 0.396. The number of aryl methyl sites for hydroxylation is 1. The molecular weight excluding hydrogens is 430 g/mol. The molecule has 178 valence electrons. The summed E-state index contributed by atoms with van der Waals surface area (Å²) in [5.41, 5.74) is 2.52. The van der Waals surface area contributed by atoms with Gasteiger partial charge in [-0.15, -0.1) is 0 Å². The minimum absolute atomic E-state index is 0.0314. The van der Waals surface area contributed by atoms with Crippen molar-refractivity contribution in [3.63, 3.8) is 0 Å². The number of nitrogens with zero attached hydrogens (tertiary/aromatic N) is 2. The molecule has 1 N–H and O–H groups in total. The molecule has 1 saturated heterocycles. The molecule has 0 bridgehead atoms. The summed E-state index contributed by atoms with van der Waals surface area (Å²) >= 11 is 0. The van der Waals surface area contributed by atoms with E-state index in [-0.39, 0.29) is 17.9 Å². The van der Waals surface area contributed by atoms with E-state index < -0.39 is 5.54 Å². The molecule has 7 nitrogen and oxygen atoms in total. The van der Waals surface area contributed by atoms with Crippen molar-refractivity contribution in [2.75, 3.05) is 20.3 Å². The topological polar surface area (TPSA) is 72.8 Å². The van der Waals surface area contributed by atoms with Crippen LogP contribution in [0.4, 0.5) is 0 Å². The highest BCUT2D eigenvalue weighted by Crippen LogP contribution is 2.35. The zero-order chi connectivity index (χ0) is 23.9. The van der Waals surface area contributed by atoms with Crippen LogP contribution in [-0.4, -0.2) is 53.2 Å². The first-order chi connectivity index (χ1) is 16.4. The van der Waals surface area contributed by atoms with Gasteiger partial charge in [-0.2, -0.15) is 0 Å². The van der Waals surface area contributed by atoms with Gasteiger partial charge in [0.1, 0.15) is 17.0 Å². The highest BCUT2D eigenvalue weighted by molar-refractivity contribution is 6.03. The molecule has 2 aliphatic rings. The lowest BCUT2D eigenvalue weighted by atomic mass is 9.93. The Morgan fingerprint density at radius 1 is 1.24 bits per heavy atom. The average molecular weight is 462 g/mol. The van der Waals surface area contributed by atoms with Gasteiger partial charge in [0.25, 0.3) is 5.91 Å². The minimum Gasteiger partial charge on any atom is -0.497 e. The second-order valence-electron chi connectivity index (χ2n) is 9.48. The van der Waals surface area contributed by atoms with Gasteiger partial charge in [-0.25, -0.2) is 0 Å². The van der Waals surface area contributed by atoms with Crippen LogP contribution in [0.3, 0.4) is 0 Å². The standard InChI is InChI=1S/C27H31N3O4/c1-18-7-4-5-8-20(18)16-30-25(31)24-13-19-10-11-21(33-3)14-23(19)29(24)17-27(30,2)26(32)28-15-22-9-6-12-34-22/h4-5,7-8,10-11,13-14,22H,6,9,12,15-17H2,1-3H3,(H,28,32)/t22-,27-/m1/s1. The average Bonchev–Trinajstić information content (AvgIpc) is 3.49. The molecule has 5 rings (SSSR count). The van der Waals surface area contributed by atoms with Crippen molar-refractivity contribution in [2.45, 2.75) is 51.4 Å². The smallest absolute Gasteiger partial charge is 0.271 e. The molecule has 1 fully saturated rings. The molecule has 2 aliphatic heterocycles. The third-order valence-corrected chi connectivity index (χ3v) is 7.23. The predicted octanol–water partition coefficient (Wildman–Crippen LogP) is 3.67. The van der Waals surface area contributed by atoms with E-state index in [1.165, 1.54) is 0 Å². The van der Waals surface area contributed by atoms with Crippen LogP contribution in [0, 0.1) is 6.92 Å². The van der Waals surface area contributed by atoms with Gasteiger partial charge in [-0.1, -0.05) is 24.3 Å². The van der Waals surface area contributed by atoms with Gasteiger partial charge in [0.2, 0.25) is 5.91 Å². The summed E-state index contributed by atoms with van der Waals surface area (Å²) in [6.45, 7) is 5.79. The first-order valence-electron chi connectivity index (χ1n) is 11.8. The number of fused-ring (bicyclic) bond motifs is 3. The Kier molecular flexibility index (Phi) is 5.81. The lowest BCUT2D eigenvalue weighted by Gasteiger charge is -2.44. The molecule has 34 heavy (non-hydrogen) atoms. The summed E-state index contributed by atoms with van der Waals surface area (Å²) in [5, 5.41) is 4.03. The number of ether oxygens (including phenoxy) is 2. The van der Waals surface area contributed by atoms with Gasteiger partial charge in [0.05, 0.1) is 25.3 Å². The van der Waals surface area contributed by atoms with E-state index in [0.29, 0.717) is 31.1 Å². The Morgan fingerprint density at radius 3 is 2.79 bits per heavy atom. The Bertz CT molecular complexity index is 1240. The molecule has 2 amide bonds. The van der Waals surface area contributed by atoms with Crippen LogP contribution in [-0.2, 0) is 22.6 Å². The van der Waals surface area contributed by atoms with Crippen LogP contribution < -0.4 is 10.1 Å². The third-order valence-electron chi connectivity index (χ3n) is 7.23. The van der Waals surface area contributed by atoms with Crippen molar-refractivity contribution < 1.29 is 19.1 Å². The maximum atomic E-state index is 13.9. The molecular formula is C27H31N3O4. The monoisotopic (exact) mass is 461 g/mol. The second-order valence-corrected chi connectivity index (χ2v) is 9.48. The molecule has 2 aromatic carbocycles. The fraction of sp³-hybridized carbons (Fsp3) is 0.407. The molecule has 3 heterocycles. The van der Waals surface area contributed by atoms with Crippen molar-refractivity contribution in [1.29, 1.82) is 0 Å². The predicted molar refractivity (Wildman–Crippen MR) is 130 cm³/mol. The highest BCUT2D eigenvalue weighted by atomic mass is 16.5. The molecule has 3 aromatic rings. The van der Waals surface area contributed by atoms with E-state index >= 15 is 0 Å². The number of carbonyl (C=O) groups is 2. The molecule has 1 aromatic heterocycles. The van der Waals surface area contributed by atoms with E-state index in [0.717, 1.165) is 41.5 Å². The zero-order valence-electron chi connectivity index (χ0n) is 20.0. The van der Waals surface area contributed by atoms with Crippen LogP contribution in [0.5, 0.6) is 5.75 Å². The molecule has 0 aliphatic carbocycles. The van der Waals surface area contributed by atoms with Gasteiger partial charge in [0, 0.05) is 31.1 Å². The first-order valence-corrected chi connectivity index (χ1v) is 11.8. The van der Waals surface area contributed by atoms with Gasteiger partial charge < -0.3 is 24.3 Å². The van der Waals surface area contributed by atoms with Crippen molar-refractivity contribution in [3.8, 4) is 5.75 Å². The number of hydrogen-bond acceptors (Lipinski definition) is 4. The Hall–Kier alpha value is -3.32. The van der Waals surface area contributed by atoms with Crippen molar-refractivity contribution in [2.24, 2.45) is 0 Å². The number of rotatable bonds is 6. The molecule has 7 heteroatoms. The van der Waals surface area contributed by atoms with Crippen LogP contribution in [0.25, 0.3) is 10.9 Å². The summed E-state index contributed by atoms with van der Waals surface area (Å²) < 4.78 is 13.1. The van der Waals surface area contributed by atoms with Crippen molar-refractivity contribution in [3.05, 3.63) is 65.4 Å². The maximum Gasteiger partial charge on any atom is 0.271 e. The lowest BCUT2D eigenvalue weighted by Crippen LogP contribution is -2.64. The first kappa shape index (κ1) is 22.5. The summed E-state index contributed by atoms with van der Waals surface area (Å²) in [6.07, 6.45) is 1.98. The summed E-state index contributed by atoms with van der Waals surface area (Å²) in [7, 11) is 1.62. The quantitative estimate of drug-likeness (QED) is 0.608. The molecule has 0 spiro atoms. The van der Waals surface area contributed by atoms with Gasteiger partial charge >= 0.3 is 0 Å². The minimum atomic E-state index is -1.07. The largest absolute Gasteiger partial charge is 0.497 e. The number of benzene rings is 2. The highest BCUT2D eigenvalue weighted by Gasteiger charge is 2.47. The molecule has 0 saturated carbocycles. The van der Waals surface area contributed by atoms with Crippen LogP contribution in [0.2, 0.25) is 0 Å². The maximum absolute atomic E-state index is 13.9. The molecule has 2 atom stereocenters. The summed E-state index contributed by atoms with van der Waals surface area (Å²) in [4.78, 5) is 29.3. The molecule has 0 radical (unpaired) electrons. The van der Waals surface area contributed by atoms with Gasteiger partial charge in [-0.3, -0.25) is 9.59 Å². The van der Waals surface area contributed by atoms with Crippen molar-refractivity contribution >= 4 is 22.7 Å². The van der Waals surface area contributed by atoms with Gasteiger partial charge in [-0.05, 0) is 56.0 Å². The number of aromatic nitrogens is 1. The van der Waals surface area contributed by atoms with Crippen molar-refractivity contribution in [1.82, 2.24) is 14.8 Å². The van der Waals surface area contributed by atoms with Gasteiger partial charge in [0.15, 0.2) is 0 Å². The Labute approximate surface area is 199 Å². The summed E-state index contributed by atoms with van der Waals surface area (Å²) in [6, 6.07) is 15.7. The van der Waals surface area contributed by atoms with E-state index in [4.69, 9.17) is 9.47 Å². The Morgan fingerprint density at radius 2 is 2.06 bits per heavy atom. The Balaban J connectivity index is 1.55. The number of nitrogens with one attached hydrogen (secondary N) is 1. The number of carbonyl (C=O) groups excluding carboxylic acids is 2. The lowest BCUT2D eigenvalue weighted by molar-refractivity contribution is -0.133. The van der Waals surface area contributed by atoms with E-state index in [2.05, 4.69) is 5.32 Å². The fourth-order valence-electron chi connectivity index (χ4n) is 5.07. The number of amides is 2. The SMILES string of the molecule is COc1ccc2cc3n(c2c1)C[C@](C)(C(=O)NC[C@H]1CCCO1)N(Cc1ccccc1C)C3=O. The van der Waals surface area contributed by atoms with Crippen LogP contribution in [0.1, 0.15) is 41.4 Å². The second kappa shape index (κ2) is 8.80. The van der Waals surface area contributed by atoms with E-state index in [1.807, 2.05) is 66.9 Å². The van der Waals surface area contributed by atoms with E-state index in [9.17, 15) is 9.59 Å². The number of hydrogen-bond donors (Lipinski definition) is 1. The normalized spacial score (nSPS) is 22.1.